The Balaban J connectivity index is 1.13. The lowest BCUT2D eigenvalue weighted by Crippen LogP contribution is -2.32. The molecule has 6 nitrogen and oxygen atoms in total. The van der Waals surface area contributed by atoms with Gasteiger partial charge in [-0.1, -0.05) is 35.9 Å². The van der Waals surface area contributed by atoms with Crippen molar-refractivity contribution in [3.63, 3.8) is 0 Å². The van der Waals surface area contributed by atoms with Gasteiger partial charge in [-0.3, -0.25) is 4.79 Å². The summed E-state index contributed by atoms with van der Waals surface area (Å²) in [5.74, 6) is -0.130. The van der Waals surface area contributed by atoms with Crippen molar-refractivity contribution in [2.75, 3.05) is 18.0 Å². The third-order valence-electron chi connectivity index (χ3n) is 6.56. The molecule has 0 atom stereocenters. The Labute approximate surface area is 216 Å². The average molecular weight is 529 g/mol. The van der Waals surface area contributed by atoms with E-state index in [9.17, 15) is 18.0 Å². The maximum absolute atomic E-state index is 12.7. The summed E-state index contributed by atoms with van der Waals surface area (Å²) in [6, 6.07) is 17.7. The number of rotatable bonds is 6. The van der Waals surface area contributed by atoms with E-state index in [0.717, 1.165) is 42.7 Å². The number of benzene rings is 2. The number of alkyl halides is 3. The molecule has 37 heavy (non-hydrogen) atoms. The van der Waals surface area contributed by atoms with Gasteiger partial charge in [0.1, 0.15) is 5.75 Å². The highest BCUT2D eigenvalue weighted by Crippen LogP contribution is 2.32. The van der Waals surface area contributed by atoms with Crippen LogP contribution >= 0.6 is 11.6 Å². The van der Waals surface area contributed by atoms with Crippen LogP contribution in [0, 0.1) is 0 Å². The highest BCUT2D eigenvalue weighted by molar-refractivity contribution is 6.31. The third kappa shape index (κ3) is 5.99. The first-order valence-corrected chi connectivity index (χ1v) is 12.2. The molecule has 192 valence electrons. The maximum Gasteiger partial charge on any atom is 0.573 e. The first-order chi connectivity index (χ1) is 17.7. The van der Waals surface area contributed by atoms with Crippen LogP contribution in [0.4, 0.5) is 18.9 Å². The van der Waals surface area contributed by atoms with Gasteiger partial charge in [-0.25, -0.2) is 4.52 Å². The number of carbonyl (C=O) groups excluding carboxylic acids is 1. The first kappa shape index (κ1) is 25.0. The Hall–Kier alpha value is -3.72. The van der Waals surface area contributed by atoms with Crippen molar-refractivity contribution >= 4 is 28.7 Å². The lowest BCUT2D eigenvalue weighted by atomic mass is 9.89. The van der Waals surface area contributed by atoms with Crippen LogP contribution in [0.25, 0.3) is 5.52 Å². The summed E-state index contributed by atoms with van der Waals surface area (Å²) in [7, 11) is 0. The SMILES string of the molecule is O=C(NCc1ccc(N2CCC(c3ccc(OC(F)(F)F)cc3)CC2)cc1)c1cnn2ccc(Cl)cc12. The number of piperidine rings is 1. The topological polar surface area (TPSA) is 58.9 Å². The minimum Gasteiger partial charge on any atom is -0.406 e. The second-order valence-corrected chi connectivity index (χ2v) is 9.40. The van der Waals surface area contributed by atoms with Gasteiger partial charge in [0.15, 0.2) is 0 Å². The first-order valence-electron chi connectivity index (χ1n) is 11.9. The molecule has 0 bridgehead atoms. The highest BCUT2D eigenvalue weighted by Gasteiger charge is 2.31. The van der Waals surface area contributed by atoms with E-state index in [1.54, 1.807) is 35.0 Å². The molecule has 1 aliphatic heterocycles. The van der Waals surface area contributed by atoms with Gasteiger partial charge in [-0.05, 0) is 66.3 Å². The van der Waals surface area contributed by atoms with Gasteiger partial charge < -0.3 is 15.0 Å². The number of pyridine rings is 1. The lowest BCUT2D eigenvalue weighted by Gasteiger charge is -2.34. The van der Waals surface area contributed by atoms with Crippen LogP contribution in [-0.4, -0.2) is 35.0 Å². The van der Waals surface area contributed by atoms with Crippen molar-refractivity contribution in [3.8, 4) is 5.75 Å². The number of ether oxygens (including phenoxy) is 1. The van der Waals surface area contributed by atoms with E-state index >= 15 is 0 Å². The minimum absolute atomic E-state index is 0.201. The molecule has 4 aromatic rings. The number of hydrogen-bond acceptors (Lipinski definition) is 4. The van der Waals surface area contributed by atoms with Gasteiger partial charge in [0, 0.05) is 36.5 Å². The third-order valence-corrected chi connectivity index (χ3v) is 6.80. The zero-order chi connectivity index (χ0) is 26.0. The number of aromatic nitrogens is 2. The number of hydrogen-bond donors (Lipinski definition) is 1. The Kier molecular flexibility index (Phi) is 6.97. The van der Waals surface area contributed by atoms with E-state index in [1.165, 1.54) is 18.3 Å². The molecule has 0 spiro atoms. The molecular weight excluding hydrogens is 505 g/mol. The largest absolute Gasteiger partial charge is 0.573 e. The van der Waals surface area contributed by atoms with Gasteiger partial charge in [0.25, 0.3) is 5.91 Å². The zero-order valence-electron chi connectivity index (χ0n) is 19.7. The summed E-state index contributed by atoms with van der Waals surface area (Å²) in [5.41, 5.74) is 4.20. The summed E-state index contributed by atoms with van der Waals surface area (Å²) in [5, 5.41) is 7.65. The number of fused-ring (bicyclic) bond motifs is 1. The molecule has 1 amide bonds. The van der Waals surface area contributed by atoms with Crippen molar-refractivity contribution in [2.45, 2.75) is 31.7 Å². The van der Waals surface area contributed by atoms with Gasteiger partial charge in [0.05, 0.1) is 17.3 Å². The molecular formula is C27H24ClF3N4O2. The molecule has 1 N–H and O–H groups in total. The van der Waals surface area contributed by atoms with Crippen molar-refractivity contribution in [1.82, 2.24) is 14.9 Å². The Bertz CT molecular complexity index is 1380. The molecule has 1 aliphatic rings. The van der Waals surface area contributed by atoms with Crippen molar-refractivity contribution in [3.05, 3.63) is 94.8 Å². The van der Waals surface area contributed by atoms with Crippen LogP contribution in [0.2, 0.25) is 5.02 Å². The average Bonchev–Trinajstić information content (AvgIpc) is 3.30. The van der Waals surface area contributed by atoms with Crippen LogP contribution in [0.1, 0.15) is 40.2 Å². The molecule has 0 radical (unpaired) electrons. The van der Waals surface area contributed by atoms with Crippen molar-refractivity contribution in [2.24, 2.45) is 0 Å². The number of nitrogens with one attached hydrogen (secondary N) is 1. The summed E-state index contributed by atoms with van der Waals surface area (Å²) < 4.78 is 42.7. The summed E-state index contributed by atoms with van der Waals surface area (Å²) in [6.45, 7) is 2.07. The van der Waals surface area contributed by atoms with Gasteiger partial charge in [0.2, 0.25) is 0 Å². The second kappa shape index (κ2) is 10.3. The summed E-state index contributed by atoms with van der Waals surface area (Å²) in [6.07, 6.45) is 0.359. The van der Waals surface area contributed by atoms with Gasteiger partial charge >= 0.3 is 6.36 Å². The molecule has 1 saturated heterocycles. The lowest BCUT2D eigenvalue weighted by molar-refractivity contribution is -0.274. The van der Waals surface area contributed by atoms with Crippen LogP contribution in [0.5, 0.6) is 5.75 Å². The van der Waals surface area contributed by atoms with Crippen LogP contribution in [-0.2, 0) is 6.54 Å². The van der Waals surface area contributed by atoms with E-state index < -0.39 is 6.36 Å². The predicted molar refractivity (Wildman–Crippen MR) is 135 cm³/mol. The van der Waals surface area contributed by atoms with Crippen LogP contribution in [0.3, 0.4) is 0 Å². The predicted octanol–water partition coefficient (Wildman–Crippen LogP) is 6.20. The second-order valence-electron chi connectivity index (χ2n) is 8.96. The fourth-order valence-corrected chi connectivity index (χ4v) is 4.80. The number of nitrogens with zero attached hydrogens (tertiary/aromatic N) is 3. The monoisotopic (exact) mass is 528 g/mol. The molecule has 3 heterocycles. The minimum atomic E-state index is -4.68. The number of anilines is 1. The standard InChI is InChI=1S/C27H24ClF3N4O2/c28-21-11-14-35-25(15-21)24(17-33-35)26(36)32-16-18-1-5-22(6-2-18)34-12-9-20(10-13-34)19-3-7-23(8-4-19)37-27(29,30)31/h1-8,11,14-15,17,20H,9-10,12-13,16H2,(H,32,36). The molecule has 2 aromatic carbocycles. The van der Waals surface area contributed by atoms with E-state index in [2.05, 4.69) is 20.1 Å². The molecule has 1 fully saturated rings. The normalized spacial score (nSPS) is 14.6. The van der Waals surface area contributed by atoms with E-state index in [0.29, 0.717) is 28.6 Å². The zero-order valence-corrected chi connectivity index (χ0v) is 20.5. The Morgan fingerprint density at radius 1 is 1.05 bits per heavy atom. The van der Waals surface area contributed by atoms with Crippen LogP contribution in [0.15, 0.2) is 73.1 Å². The van der Waals surface area contributed by atoms with Crippen molar-refractivity contribution in [1.29, 1.82) is 0 Å². The van der Waals surface area contributed by atoms with E-state index in [1.807, 2.05) is 24.3 Å². The summed E-state index contributed by atoms with van der Waals surface area (Å²) in [4.78, 5) is 15.0. The number of amides is 1. The summed E-state index contributed by atoms with van der Waals surface area (Å²) >= 11 is 6.05. The van der Waals surface area contributed by atoms with Crippen molar-refractivity contribution < 1.29 is 22.7 Å². The fraction of sp³-hybridized carbons (Fsp3) is 0.259. The number of carbonyl (C=O) groups is 1. The van der Waals surface area contributed by atoms with E-state index in [4.69, 9.17) is 11.6 Å². The Morgan fingerprint density at radius 3 is 2.43 bits per heavy atom. The molecule has 0 aliphatic carbocycles. The molecule has 10 heteroatoms. The fourth-order valence-electron chi connectivity index (χ4n) is 4.64. The maximum atomic E-state index is 12.7. The molecule has 0 unspecified atom stereocenters. The Morgan fingerprint density at radius 2 is 1.76 bits per heavy atom. The smallest absolute Gasteiger partial charge is 0.406 e. The molecule has 5 rings (SSSR count). The van der Waals surface area contributed by atoms with Gasteiger partial charge in [-0.15, -0.1) is 13.2 Å². The van der Waals surface area contributed by atoms with E-state index in [-0.39, 0.29) is 11.7 Å². The highest BCUT2D eigenvalue weighted by atomic mass is 35.5. The van der Waals surface area contributed by atoms with Gasteiger partial charge in [-0.2, -0.15) is 5.10 Å². The number of halogens is 4. The quantitative estimate of drug-likeness (QED) is 0.324. The molecule has 2 aromatic heterocycles. The van der Waals surface area contributed by atoms with Crippen LogP contribution < -0.4 is 15.0 Å². The molecule has 0 saturated carbocycles.